The van der Waals surface area contributed by atoms with E-state index in [-0.39, 0.29) is 38.0 Å². The molecule has 0 unspecified atom stereocenters. The van der Waals surface area contributed by atoms with Crippen LogP contribution in [0.4, 0.5) is 0 Å². The molecule has 3 fully saturated rings. The van der Waals surface area contributed by atoms with E-state index in [1.165, 1.54) is 13.8 Å². The second-order valence-corrected chi connectivity index (χ2v) is 13.7. The summed E-state index contributed by atoms with van der Waals surface area (Å²) >= 11 is 0. The topological polar surface area (TPSA) is 155 Å². The predicted octanol–water partition coefficient (Wildman–Crippen LogP) is 3.80. The number of aliphatic hydroxyl groups is 2. The molecule has 3 aliphatic rings. The Labute approximate surface area is 261 Å². The van der Waals surface area contributed by atoms with Gasteiger partial charge < -0.3 is 33.9 Å². The van der Waals surface area contributed by atoms with Gasteiger partial charge in [0.2, 0.25) is 0 Å². The highest BCUT2D eigenvalue weighted by Gasteiger charge is 2.70. The smallest absolute Gasteiger partial charge is 0.330 e. The van der Waals surface area contributed by atoms with Crippen molar-refractivity contribution in [1.29, 1.82) is 0 Å². The lowest BCUT2D eigenvalue weighted by Crippen LogP contribution is -2.68. The van der Waals surface area contributed by atoms with E-state index in [4.69, 9.17) is 23.7 Å². The third-order valence-electron chi connectivity index (χ3n) is 9.68. The first-order valence-corrected chi connectivity index (χ1v) is 15.9. The average Bonchev–Trinajstić information content (AvgIpc) is 3.28. The monoisotopic (exact) mass is 624 g/mol. The first-order valence-electron chi connectivity index (χ1n) is 15.9. The number of carbonyl (C=O) groups is 4. The van der Waals surface area contributed by atoms with Crippen molar-refractivity contribution in [3.05, 3.63) is 12.7 Å². The van der Waals surface area contributed by atoms with E-state index >= 15 is 0 Å². The number of hydrogen-bond acceptors (Lipinski definition) is 11. The van der Waals surface area contributed by atoms with Crippen LogP contribution in [0.3, 0.4) is 0 Å². The lowest BCUT2D eigenvalue weighted by atomic mass is 9.55. The van der Waals surface area contributed by atoms with E-state index in [1.54, 1.807) is 13.8 Å². The Morgan fingerprint density at radius 3 is 2.16 bits per heavy atom. The third-order valence-corrected chi connectivity index (χ3v) is 9.68. The van der Waals surface area contributed by atoms with Crippen LogP contribution in [0.5, 0.6) is 0 Å². The van der Waals surface area contributed by atoms with Crippen LogP contribution in [0.2, 0.25) is 0 Å². The van der Waals surface area contributed by atoms with Gasteiger partial charge in [0.05, 0.1) is 6.10 Å². The highest BCUT2D eigenvalue weighted by molar-refractivity contribution is 5.81. The van der Waals surface area contributed by atoms with Crippen molar-refractivity contribution in [1.82, 2.24) is 0 Å². The van der Waals surface area contributed by atoms with Crippen LogP contribution < -0.4 is 0 Å². The first kappa shape index (κ1) is 36.0. The fourth-order valence-corrected chi connectivity index (χ4v) is 7.83. The summed E-state index contributed by atoms with van der Waals surface area (Å²) in [6, 6.07) is 0. The molecule has 0 amide bonds. The number of ether oxygens (including phenoxy) is 5. The van der Waals surface area contributed by atoms with Crippen molar-refractivity contribution in [2.24, 2.45) is 23.7 Å². The SMILES string of the molecule is C=CC(=O)O[C@H]1CC[C@@](C)(OC(=O)CCC)[C@@H]2O[C@H](C[C@]1(C)O)[C@@H]1[C@H]2[C@@H](C(C)C)[C@H](OC(=O)CCC)[C@@H](OC(C)=O)[C@@]1(C)O. The maximum Gasteiger partial charge on any atom is 0.330 e. The minimum atomic E-state index is -1.80. The van der Waals surface area contributed by atoms with Crippen LogP contribution in [-0.4, -0.2) is 81.4 Å². The summed E-state index contributed by atoms with van der Waals surface area (Å²) in [5, 5.41) is 24.2. The Morgan fingerprint density at radius 1 is 1.00 bits per heavy atom. The van der Waals surface area contributed by atoms with Gasteiger partial charge in [-0.1, -0.05) is 34.3 Å². The molecule has 1 aliphatic carbocycles. The van der Waals surface area contributed by atoms with Crippen molar-refractivity contribution in [3.63, 3.8) is 0 Å². The van der Waals surface area contributed by atoms with Gasteiger partial charge in [0.25, 0.3) is 0 Å². The fraction of sp³-hybridized carbons (Fsp3) is 0.818. The quantitative estimate of drug-likeness (QED) is 0.207. The number of rotatable bonds is 10. The number of esters is 4. The summed E-state index contributed by atoms with van der Waals surface area (Å²) in [7, 11) is 0. The van der Waals surface area contributed by atoms with Gasteiger partial charge in [-0.25, -0.2) is 4.79 Å². The van der Waals surface area contributed by atoms with Gasteiger partial charge in [-0.3, -0.25) is 14.4 Å². The van der Waals surface area contributed by atoms with E-state index < -0.39 is 89.0 Å². The zero-order chi connectivity index (χ0) is 33.2. The fourth-order valence-electron chi connectivity index (χ4n) is 7.83. The number of fused-ring (bicyclic) bond motifs is 5. The standard InChI is InChI=1S/C33H52O11/c1-10-13-23(36)43-28-25(18(4)5)26-27(33(9,39)30(28)40-19(6)34)20-17-31(7,38)21(42-22(35)12-3)15-16-32(8,29(26)41-20)44-24(37)14-11-2/h12,18,20-21,25-30,38-39H,3,10-11,13-17H2,1-2,4-9H3/t20-,21+,25-,26-,27-,28+,29-,30-,31+,32-,33+/m1/s1. The molecule has 0 radical (unpaired) electrons. The Hall–Kier alpha value is -2.50. The molecule has 11 atom stereocenters. The molecule has 44 heavy (non-hydrogen) atoms. The van der Waals surface area contributed by atoms with E-state index in [9.17, 15) is 29.4 Å². The molecule has 2 N–H and O–H groups in total. The molecule has 2 saturated heterocycles. The van der Waals surface area contributed by atoms with Gasteiger partial charge in [0.15, 0.2) is 6.10 Å². The summed E-state index contributed by atoms with van der Waals surface area (Å²) in [4.78, 5) is 50.7. The van der Waals surface area contributed by atoms with Crippen LogP contribution in [-0.2, 0) is 42.9 Å². The summed E-state index contributed by atoms with van der Waals surface area (Å²) < 4.78 is 30.4. The van der Waals surface area contributed by atoms with Crippen LogP contribution in [0, 0.1) is 23.7 Å². The normalized spacial score (nSPS) is 40.1. The molecule has 0 spiro atoms. The first-order chi connectivity index (χ1) is 20.4. The number of hydrogen-bond donors (Lipinski definition) is 2. The molecule has 2 bridgehead atoms. The zero-order valence-electron chi connectivity index (χ0n) is 27.5. The lowest BCUT2D eigenvalue weighted by Gasteiger charge is -2.55. The van der Waals surface area contributed by atoms with E-state index in [0.29, 0.717) is 12.8 Å². The van der Waals surface area contributed by atoms with Gasteiger partial charge >= 0.3 is 23.9 Å². The minimum absolute atomic E-state index is 0.0488. The van der Waals surface area contributed by atoms with Crippen molar-refractivity contribution in [2.45, 2.75) is 148 Å². The molecular formula is C33H52O11. The second kappa shape index (κ2) is 13.9. The minimum Gasteiger partial charge on any atom is -0.458 e. The molecule has 250 valence electrons. The summed E-state index contributed by atoms with van der Waals surface area (Å²) in [6.45, 7) is 17.2. The van der Waals surface area contributed by atoms with Crippen LogP contribution in [0.25, 0.3) is 0 Å². The van der Waals surface area contributed by atoms with Crippen molar-refractivity contribution < 1.29 is 53.1 Å². The second-order valence-electron chi connectivity index (χ2n) is 13.7. The van der Waals surface area contributed by atoms with E-state index in [0.717, 1.165) is 6.08 Å². The van der Waals surface area contributed by atoms with Gasteiger partial charge in [-0.15, -0.1) is 0 Å². The van der Waals surface area contributed by atoms with E-state index in [1.807, 2.05) is 27.7 Å². The molecule has 2 heterocycles. The summed E-state index contributed by atoms with van der Waals surface area (Å²) in [6.07, 6.45) is -2.18. The number of carbonyl (C=O) groups excluding carboxylic acids is 4. The van der Waals surface area contributed by atoms with Crippen molar-refractivity contribution in [2.75, 3.05) is 0 Å². The predicted molar refractivity (Wildman–Crippen MR) is 159 cm³/mol. The van der Waals surface area contributed by atoms with Gasteiger partial charge in [-0.05, 0) is 52.4 Å². The maximum absolute atomic E-state index is 13.1. The summed E-state index contributed by atoms with van der Waals surface area (Å²) in [5.74, 6) is -4.20. The molecule has 11 nitrogen and oxygen atoms in total. The Kier molecular flexibility index (Phi) is 11.3. The molecule has 3 rings (SSSR count). The summed E-state index contributed by atoms with van der Waals surface area (Å²) in [5.41, 5.74) is -4.69. The molecule has 0 aromatic heterocycles. The largest absolute Gasteiger partial charge is 0.458 e. The Bertz CT molecular complexity index is 1080. The molecular weight excluding hydrogens is 572 g/mol. The zero-order valence-corrected chi connectivity index (χ0v) is 27.5. The molecule has 1 saturated carbocycles. The van der Waals surface area contributed by atoms with E-state index in [2.05, 4.69) is 6.58 Å². The molecule has 0 aromatic rings. The van der Waals surface area contributed by atoms with Crippen LogP contribution in [0.1, 0.15) is 100 Å². The highest BCUT2D eigenvalue weighted by atomic mass is 16.6. The molecule has 2 aliphatic heterocycles. The van der Waals surface area contributed by atoms with Crippen LogP contribution >= 0.6 is 0 Å². The Morgan fingerprint density at radius 2 is 1.61 bits per heavy atom. The van der Waals surface area contributed by atoms with Gasteiger partial charge in [-0.2, -0.15) is 0 Å². The lowest BCUT2D eigenvalue weighted by molar-refractivity contribution is -0.243. The van der Waals surface area contributed by atoms with Crippen molar-refractivity contribution in [3.8, 4) is 0 Å². The Balaban J connectivity index is 2.25. The molecule has 0 aromatic carbocycles. The highest BCUT2D eigenvalue weighted by Crippen LogP contribution is 2.59. The maximum atomic E-state index is 13.1. The molecule has 11 heteroatoms. The van der Waals surface area contributed by atoms with Gasteiger partial charge in [0, 0.05) is 50.0 Å². The third kappa shape index (κ3) is 7.31. The van der Waals surface area contributed by atoms with Crippen molar-refractivity contribution >= 4 is 23.9 Å². The van der Waals surface area contributed by atoms with Crippen LogP contribution in [0.15, 0.2) is 12.7 Å². The van der Waals surface area contributed by atoms with Gasteiger partial charge in [0.1, 0.15) is 35.1 Å². The average molecular weight is 625 g/mol.